The average Bonchev–Trinajstić information content (AvgIpc) is 2.42. The molecule has 2 aromatic rings. The van der Waals surface area contributed by atoms with Crippen LogP contribution >= 0.6 is 0 Å². The minimum atomic E-state index is -0.572. The summed E-state index contributed by atoms with van der Waals surface area (Å²) in [5.41, 5.74) is 0.0700. The van der Waals surface area contributed by atoms with Gasteiger partial charge in [-0.05, 0) is 0 Å². The van der Waals surface area contributed by atoms with Crippen LogP contribution in [0.2, 0.25) is 0 Å². The van der Waals surface area contributed by atoms with Crippen molar-refractivity contribution in [2.24, 2.45) is 0 Å². The van der Waals surface area contributed by atoms with E-state index in [1.165, 1.54) is 6.07 Å². The largest absolute Gasteiger partial charge is 0.325 e. The van der Waals surface area contributed by atoms with Crippen molar-refractivity contribution in [1.29, 1.82) is 0 Å². The van der Waals surface area contributed by atoms with E-state index in [-0.39, 0.29) is 5.69 Å². The first-order valence-electron chi connectivity index (χ1n) is 3.39. The average molecular weight is 180 g/mol. The van der Waals surface area contributed by atoms with Gasteiger partial charge in [0.25, 0.3) is 5.69 Å². The van der Waals surface area contributed by atoms with Gasteiger partial charge in [-0.3, -0.25) is 15.1 Å². The molecular weight excluding hydrogens is 176 g/mol. The Balaban J connectivity index is 2.74. The van der Waals surface area contributed by atoms with Crippen LogP contribution in [0.1, 0.15) is 0 Å². The maximum atomic E-state index is 10.7. The molecule has 13 heavy (non-hydrogen) atoms. The van der Waals surface area contributed by atoms with E-state index in [4.69, 9.17) is 0 Å². The van der Waals surface area contributed by atoms with Crippen LogP contribution in [0.15, 0.2) is 17.1 Å². The monoisotopic (exact) mass is 180 g/mol. The van der Waals surface area contributed by atoms with Crippen LogP contribution < -0.4 is 5.69 Å². The molecule has 2 rings (SSSR count). The van der Waals surface area contributed by atoms with E-state index in [0.717, 1.165) is 6.20 Å². The number of nitrogens with zero attached hydrogens (tertiary/aromatic N) is 2. The Labute approximate surface area is 70.6 Å². The first-order chi connectivity index (χ1) is 6.16. The van der Waals surface area contributed by atoms with Gasteiger partial charge in [-0.25, -0.2) is 9.78 Å². The summed E-state index contributed by atoms with van der Waals surface area (Å²) in [5.74, 6) is 0. The van der Waals surface area contributed by atoms with E-state index >= 15 is 0 Å². The van der Waals surface area contributed by atoms with Gasteiger partial charge in [-0.15, -0.1) is 0 Å². The van der Waals surface area contributed by atoms with Crippen LogP contribution in [-0.2, 0) is 0 Å². The molecule has 0 saturated carbocycles. The number of rotatable bonds is 1. The molecule has 2 heterocycles. The number of hydrogen-bond acceptors (Lipinski definition) is 4. The van der Waals surface area contributed by atoms with Crippen LogP contribution in [0.25, 0.3) is 11.2 Å². The maximum absolute atomic E-state index is 10.7. The van der Waals surface area contributed by atoms with Crippen LogP contribution in [0.3, 0.4) is 0 Å². The number of nitrogens with one attached hydrogen (secondary N) is 2. The summed E-state index contributed by atoms with van der Waals surface area (Å²) in [7, 11) is 0. The van der Waals surface area contributed by atoms with Crippen LogP contribution in [0.5, 0.6) is 0 Å². The molecule has 0 aliphatic rings. The van der Waals surface area contributed by atoms with Crippen LogP contribution in [-0.4, -0.2) is 19.9 Å². The number of aromatic amines is 2. The number of imidazole rings is 1. The lowest BCUT2D eigenvalue weighted by molar-refractivity contribution is -0.385. The molecule has 0 atom stereocenters. The molecule has 7 heteroatoms. The summed E-state index contributed by atoms with van der Waals surface area (Å²) in [5, 5.41) is 10.3. The third-order valence-electron chi connectivity index (χ3n) is 1.56. The van der Waals surface area contributed by atoms with E-state index in [1.807, 2.05) is 0 Å². The van der Waals surface area contributed by atoms with Crippen molar-refractivity contribution < 1.29 is 4.92 Å². The molecule has 0 aliphatic heterocycles. The van der Waals surface area contributed by atoms with Gasteiger partial charge in [0.1, 0.15) is 6.20 Å². The van der Waals surface area contributed by atoms with Crippen molar-refractivity contribution >= 4 is 16.9 Å². The molecule has 0 amide bonds. The first kappa shape index (κ1) is 7.47. The van der Waals surface area contributed by atoms with Crippen LogP contribution in [0, 0.1) is 10.1 Å². The number of fused-ring (bicyclic) bond motifs is 1. The first-order valence-corrected chi connectivity index (χ1v) is 3.39. The molecule has 0 spiro atoms. The second-order valence-corrected chi connectivity index (χ2v) is 2.43. The van der Waals surface area contributed by atoms with Crippen molar-refractivity contribution in [3.05, 3.63) is 32.9 Å². The van der Waals surface area contributed by atoms with E-state index in [9.17, 15) is 14.9 Å². The van der Waals surface area contributed by atoms with Gasteiger partial charge >= 0.3 is 5.69 Å². The van der Waals surface area contributed by atoms with Crippen molar-refractivity contribution in [3.63, 3.8) is 0 Å². The van der Waals surface area contributed by atoms with Crippen molar-refractivity contribution in [1.82, 2.24) is 15.0 Å². The maximum Gasteiger partial charge on any atom is 0.325 e. The summed E-state index contributed by atoms with van der Waals surface area (Å²) < 4.78 is 0. The zero-order valence-electron chi connectivity index (χ0n) is 6.27. The van der Waals surface area contributed by atoms with E-state index < -0.39 is 10.6 Å². The number of nitro groups is 1. The lowest BCUT2D eigenvalue weighted by Gasteiger charge is -1.88. The van der Waals surface area contributed by atoms with Gasteiger partial charge in [0.2, 0.25) is 0 Å². The Hall–Kier alpha value is -2.18. The van der Waals surface area contributed by atoms with E-state index in [2.05, 4.69) is 15.0 Å². The Bertz CT molecular complexity index is 526. The molecule has 2 aromatic heterocycles. The molecular formula is C6H4N4O3. The molecule has 0 fully saturated rings. The highest BCUT2D eigenvalue weighted by Gasteiger charge is 2.08. The molecule has 0 unspecified atom stereocenters. The Kier molecular flexibility index (Phi) is 1.38. The summed E-state index contributed by atoms with van der Waals surface area (Å²) in [6.07, 6.45) is 1.09. The smallest absolute Gasteiger partial charge is 0.304 e. The topological polar surface area (TPSA) is 105 Å². The third kappa shape index (κ3) is 1.15. The summed E-state index contributed by atoms with van der Waals surface area (Å²) >= 11 is 0. The standard InChI is InChI=1S/C6H4N4O3/c11-6-8-4-1-3(10(12)13)2-7-5(4)9-6/h1-2H,(H2,7,8,9,11). The Morgan fingerprint density at radius 2 is 2.23 bits per heavy atom. The SMILES string of the molecule is O=c1[nH]c2cc([N+](=O)[O-])cnc2[nH]1. The minimum Gasteiger partial charge on any atom is -0.304 e. The third-order valence-corrected chi connectivity index (χ3v) is 1.56. The van der Waals surface area contributed by atoms with Gasteiger partial charge in [0.05, 0.1) is 10.4 Å². The fraction of sp³-hybridized carbons (Fsp3) is 0. The van der Waals surface area contributed by atoms with Gasteiger partial charge in [-0.2, -0.15) is 0 Å². The molecule has 0 saturated heterocycles. The summed E-state index contributed by atoms with van der Waals surface area (Å²) in [6, 6.07) is 1.25. The van der Waals surface area contributed by atoms with Gasteiger partial charge < -0.3 is 4.98 Å². The van der Waals surface area contributed by atoms with E-state index in [0.29, 0.717) is 11.2 Å². The predicted molar refractivity (Wildman–Crippen MR) is 43.4 cm³/mol. The minimum absolute atomic E-state index is 0.150. The molecule has 0 radical (unpaired) electrons. The van der Waals surface area contributed by atoms with E-state index in [1.54, 1.807) is 0 Å². The molecule has 2 N–H and O–H groups in total. The molecule has 0 bridgehead atoms. The molecule has 0 aliphatic carbocycles. The second-order valence-electron chi connectivity index (χ2n) is 2.43. The fourth-order valence-corrected chi connectivity index (χ4v) is 1.01. The Morgan fingerprint density at radius 3 is 2.92 bits per heavy atom. The lowest BCUT2D eigenvalue weighted by atomic mass is 10.4. The normalized spacial score (nSPS) is 10.5. The molecule has 7 nitrogen and oxygen atoms in total. The number of pyridine rings is 1. The quantitative estimate of drug-likeness (QED) is 0.481. The van der Waals surface area contributed by atoms with Crippen molar-refractivity contribution in [3.8, 4) is 0 Å². The lowest BCUT2D eigenvalue weighted by Crippen LogP contribution is -1.99. The Morgan fingerprint density at radius 1 is 1.46 bits per heavy atom. The predicted octanol–water partition coefficient (Wildman–Crippen LogP) is 0.159. The zero-order valence-corrected chi connectivity index (χ0v) is 6.27. The van der Waals surface area contributed by atoms with Crippen molar-refractivity contribution in [2.75, 3.05) is 0 Å². The highest BCUT2D eigenvalue weighted by Crippen LogP contribution is 2.12. The number of aromatic nitrogens is 3. The fourth-order valence-electron chi connectivity index (χ4n) is 1.01. The van der Waals surface area contributed by atoms with Crippen LogP contribution in [0.4, 0.5) is 5.69 Å². The van der Waals surface area contributed by atoms with Gasteiger partial charge in [-0.1, -0.05) is 0 Å². The van der Waals surface area contributed by atoms with Crippen molar-refractivity contribution in [2.45, 2.75) is 0 Å². The molecule has 66 valence electrons. The second kappa shape index (κ2) is 2.41. The molecule has 0 aromatic carbocycles. The highest BCUT2D eigenvalue weighted by molar-refractivity contribution is 5.71. The highest BCUT2D eigenvalue weighted by atomic mass is 16.6. The summed E-state index contributed by atoms with van der Waals surface area (Å²) in [4.78, 5) is 28.9. The van der Waals surface area contributed by atoms with Gasteiger partial charge in [0.15, 0.2) is 5.65 Å². The number of H-pyrrole nitrogens is 2. The number of hydrogen-bond donors (Lipinski definition) is 2. The van der Waals surface area contributed by atoms with Gasteiger partial charge in [0, 0.05) is 6.07 Å². The summed E-state index contributed by atoms with van der Waals surface area (Å²) in [6.45, 7) is 0. The zero-order chi connectivity index (χ0) is 9.42.